The maximum absolute atomic E-state index is 12.8. The normalized spacial score (nSPS) is 12.6. The van der Waals surface area contributed by atoms with Gasteiger partial charge in [0.15, 0.2) is 0 Å². The summed E-state index contributed by atoms with van der Waals surface area (Å²) in [5.74, 6) is -0.233. The van der Waals surface area contributed by atoms with Gasteiger partial charge >= 0.3 is 0 Å². The van der Waals surface area contributed by atoms with Crippen LogP contribution in [0.5, 0.6) is 0 Å². The van der Waals surface area contributed by atoms with Crippen LogP contribution in [0.2, 0.25) is 0 Å². The monoisotopic (exact) mass is 264 g/mol. The Balaban J connectivity index is 1.88. The largest absolute Gasteiger partial charge is 0.394 e. The molecule has 5 nitrogen and oxygen atoms in total. The third-order valence-electron chi connectivity index (χ3n) is 2.87. The van der Waals surface area contributed by atoms with Crippen molar-refractivity contribution < 1.29 is 9.50 Å². The quantitative estimate of drug-likeness (QED) is 0.824. The molecule has 0 aliphatic carbocycles. The van der Waals surface area contributed by atoms with Crippen molar-refractivity contribution in [3.8, 4) is 0 Å². The number of rotatable bonds is 6. The smallest absolute Gasteiger partial charge is 0.123 e. The van der Waals surface area contributed by atoms with Crippen LogP contribution in [-0.2, 0) is 13.1 Å². The molecule has 6 heteroatoms. The van der Waals surface area contributed by atoms with E-state index in [2.05, 4.69) is 15.6 Å². The predicted molar refractivity (Wildman–Crippen MR) is 68.8 cm³/mol. The Morgan fingerprint density at radius 2 is 2.11 bits per heavy atom. The van der Waals surface area contributed by atoms with Crippen molar-refractivity contribution in [1.29, 1.82) is 0 Å². The molecule has 1 aromatic carbocycles. The zero-order valence-electron chi connectivity index (χ0n) is 10.8. The Hall–Kier alpha value is -1.79. The van der Waals surface area contributed by atoms with Crippen LogP contribution in [0.4, 0.5) is 4.39 Å². The van der Waals surface area contributed by atoms with Crippen LogP contribution < -0.4 is 5.32 Å². The Labute approximate surface area is 111 Å². The van der Waals surface area contributed by atoms with E-state index in [1.54, 1.807) is 23.0 Å². The molecule has 2 rings (SSSR count). The Bertz CT molecular complexity index is 512. The Kier molecular flexibility index (Phi) is 4.59. The van der Waals surface area contributed by atoms with Crippen LogP contribution in [0.3, 0.4) is 0 Å². The van der Waals surface area contributed by atoms with Gasteiger partial charge in [0.1, 0.15) is 5.82 Å². The lowest BCUT2D eigenvalue weighted by molar-refractivity contribution is 0.268. The fourth-order valence-electron chi connectivity index (χ4n) is 1.76. The average molecular weight is 264 g/mol. The van der Waals surface area contributed by atoms with E-state index in [1.165, 1.54) is 12.1 Å². The van der Waals surface area contributed by atoms with Gasteiger partial charge in [-0.25, -0.2) is 9.07 Å². The number of aromatic nitrogens is 3. The van der Waals surface area contributed by atoms with E-state index in [-0.39, 0.29) is 18.5 Å². The third-order valence-corrected chi connectivity index (χ3v) is 2.87. The Morgan fingerprint density at radius 1 is 1.37 bits per heavy atom. The van der Waals surface area contributed by atoms with E-state index in [9.17, 15) is 4.39 Å². The molecule has 0 radical (unpaired) electrons. The molecule has 0 fully saturated rings. The summed E-state index contributed by atoms with van der Waals surface area (Å²) >= 11 is 0. The molecule has 0 aliphatic heterocycles. The third kappa shape index (κ3) is 3.84. The van der Waals surface area contributed by atoms with Crippen LogP contribution in [0.25, 0.3) is 0 Å². The van der Waals surface area contributed by atoms with Gasteiger partial charge < -0.3 is 10.4 Å². The summed E-state index contributed by atoms with van der Waals surface area (Å²) in [4.78, 5) is 0. The maximum atomic E-state index is 12.8. The van der Waals surface area contributed by atoms with Crippen LogP contribution in [-0.4, -0.2) is 26.7 Å². The van der Waals surface area contributed by atoms with Gasteiger partial charge in [-0.05, 0) is 24.6 Å². The van der Waals surface area contributed by atoms with E-state index in [4.69, 9.17) is 5.11 Å². The molecule has 0 aliphatic rings. The predicted octanol–water partition coefficient (Wildman–Crippen LogP) is 1.26. The molecular formula is C13H17FN4O. The fourth-order valence-corrected chi connectivity index (χ4v) is 1.76. The first-order valence-electron chi connectivity index (χ1n) is 6.18. The molecule has 19 heavy (non-hydrogen) atoms. The summed E-state index contributed by atoms with van der Waals surface area (Å²) in [5, 5.41) is 20.0. The molecule has 1 atom stereocenters. The van der Waals surface area contributed by atoms with E-state index in [0.717, 1.165) is 11.3 Å². The maximum Gasteiger partial charge on any atom is 0.123 e. The van der Waals surface area contributed by atoms with Gasteiger partial charge in [0, 0.05) is 18.8 Å². The van der Waals surface area contributed by atoms with E-state index >= 15 is 0 Å². The van der Waals surface area contributed by atoms with Gasteiger partial charge in [-0.2, -0.15) is 0 Å². The highest BCUT2D eigenvalue weighted by Gasteiger charge is 2.06. The zero-order valence-corrected chi connectivity index (χ0v) is 10.8. The minimum absolute atomic E-state index is 0.0439. The summed E-state index contributed by atoms with van der Waals surface area (Å²) < 4.78 is 14.4. The molecule has 0 bridgehead atoms. The summed E-state index contributed by atoms with van der Waals surface area (Å²) in [6, 6.07) is 6.52. The number of aliphatic hydroxyl groups is 1. The fraction of sp³-hybridized carbons (Fsp3) is 0.385. The molecule has 1 aromatic heterocycles. The molecule has 0 saturated carbocycles. The van der Waals surface area contributed by atoms with Crippen LogP contribution in [0.1, 0.15) is 24.2 Å². The lowest BCUT2D eigenvalue weighted by atomic mass is 10.1. The molecule has 0 saturated heterocycles. The summed E-state index contributed by atoms with van der Waals surface area (Å²) in [5.41, 5.74) is 1.83. The van der Waals surface area contributed by atoms with Gasteiger partial charge in [0.25, 0.3) is 0 Å². The molecule has 0 spiro atoms. The number of aliphatic hydroxyl groups excluding tert-OH is 1. The van der Waals surface area contributed by atoms with Gasteiger partial charge in [-0.15, -0.1) is 5.10 Å². The van der Waals surface area contributed by atoms with Crippen LogP contribution in [0.15, 0.2) is 30.5 Å². The standard InChI is InChI=1S/C13H17FN4O/c1-10(11-2-4-12(14)5-3-11)15-8-13-9-18(6-7-19)17-16-13/h2-5,9-10,15,19H,6-8H2,1H3/t10-/m0/s1. The molecule has 102 valence electrons. The topological polar surface area (TPSA) is 63.0 Å². The minimum atomic E-state index is -0.233. The Morgan fingerprint density at radius 3 is 2.79 bits per heavy atom. The highest BCUT2D eigenvalue weighted by atomic mass is 19.1. The van der Waals surface area contributed by atoms with Gasteiger partial charge in [-0.1, -0.05) is 17.3 Å². The van der Waals surface area contributed by atoms with Crippen molar-refractivity contribution in [2.75, 3.05) is 6.61 Å². The van der Waals surface area contributed by atoms with Gasteiger partial charge in [0.05, 0.1) is 18.8 Å². The first-order chi connectivity index (χ1) is 9.19. The highest BCUT2D eigenvalue weighted by molar-refractivity contribution is 5.19. The number of benzene rings is 1. The van der Waals surface area contributed by atoms with E-state index < -0.39 is 0 Å². The van der Waals surface area contributed by atoms with Gasteiger partial charge in [0.2, 0.25) is 0 Å². The SMILES string of the molecule is C[C@H](NCc1cn(CCO)nn1)c1ccc(F)cc1. The number of nitrogens with zero attached hydrogens (tertiary/aromatic N) is 3. The second-order valence-corrected chi connectivity index (χ2v) is 4.35. The average Bonchev–Trinajstić information content (AvgIpc) is 2.85. The molecular weight excluding hydrogens is 247 g/mol. The summed E-state index contributed by atoms with van der Waals surface area (Å²) in [6.45, 7) is 3.07. The highest BCUT2D eigenvalue weighted by Crippen LogP contribution is 2.13. The van der Waals surface area contributed by atoms with Crippen molar-refractivity contribution in [3.05, 3.63) is 47.5 Å². The first kappa shape index (κ1) is 13.6. The van der Waals surface area contributed by atoms with E-state index in [1.807, 2.05) is 6.92 Å². The number of halogens is 1. The lowest BCUT2D eigenvalue weighted by Gasteiger charge is -2.12. The van der Waals surface area contributed by atoms with Gasteiger partial charge in [-0.3, -0.25) is 0 Å². The second-order valence-electron chi connectivity index (χ2n) is 4.35. The minimum Gasteiger partial charge on any atom is -0.394 e. The number of hydrogen-bond donors (Lipinski definition) is 2. The molecule has 0 unspecified atom stereocenters. The van der Waals surface area contributed by atoms with E-state index in [0.29, 0.717) is 13.1 Å². The molecule has 2 N–H and O–H groups in total. The molecule has 1 heterocycles. The van der Waals surface area contributed by atoms with Crippen molar-refractivity contribution >= 4 is 0 Å². The van der Waals surface area contributed by atoms with Crippen molar-refractivity contribution in [2.45, 2.75) is 26.1 Å². The lowest BCUT2D eigenvalue weighted by Crippen LogP contribution is -2.18. The first-order valence-corrected chi connectivity index (χ1v) is 6.18. The number of hydrogen-bond acceptors (Lipinski definition) is 4. The van der Waals surface area contributed by atoms with Crippen molar-refractivity contribution in [3.63, 3.8) is 0 Å². The second kappa shape index (κ2) is 6.40. The zero-order chi connectivity index (χ0) is 13.7. The van der Waals surface area contributed by atoms with Crippen LogP contribution in [0, 0.1) is 5.82 Å². The summed E-state index contributed by atoms with van der Waals surface area (Å²) in [7, 11) is 0. The van der Waals surface area contributed by atoms with Crippen LogP contribution >= 0.6 is 0 Å². The molecule has 2 aromatic rings. The van der Waals surface area contributed by atoms with Crippen molar-refractivity contribution in [1.82, 2.24) is 20.3 Å². The summed E-state index contributed by atoms with van der Waals surface area (Å²) in [6.07, 6.45) is 1.79. The van der Waals surface area contributed by atoms with Crippen molar-refractivity contribution in [2.24, 2.45) is 0 Å². The molecule has 0 amide bonds. The number of nitrogens with one attached hydrogen (secondary N) is 1.